The molecule has 0 aliphatic rings. The van der Waals surface area contributed by atoms with Crippen molar-refractivity contribution in [2.75, 3.05) is 38.4 Å². The van der Waals surface area contributed by atoms with Crippen molar-refractivity contribution in [1.29, 1.82) is 0 Å². The van der Waals surface area contributed by atoms with Gasteiger partial charge in [0.1, 0.15) is 0 Å². The van der Waals surface area contributed by atoms with Crippen molar-refractivity contribution < 1.29 is 14.6 Å². The van der Waals surface area contributed by atoms with Gasteiger partial charge >= 0.3 is 0 Å². The van der Waals surface area contributed by atoms with Crippen LogP contribution in [0.15, 0.2) is 18.2 Å². The van der Waals surface area contributed by atoms with Crippen molar-refractivity contribution in [3.8, 4) is 0 Å². The van der Waals surface area contributed by atoms with Crippen LogP contribution in [0.5, 0.6) is 0 Å². The summed E-state index contributed by atoms with van der Waals surface area (Å²) in [6.45, 7) is 4.25. The number of hydrogen-bond acceptors (Lipinski definition) is 5. The van der Waals surface area contributed by atoms with E-state index in [1.54, 1.807) is 31.0 Å². The fourth-order valence-corrected chi connectivity index (χ4v) is 1.96. The molecule has 0 bridgehead atoms. The Morgan fingerprint density at radius 2 is 2.19 bits per heavy atom. The Hall–Kier alpha value is -1.63. The lowest BCUT2D eigenvalue weighted by Gasteiger charge is -2.26. The molecule has 0 saturated heterocycles. The van der Waals surface area contributed by atoms with E-state index in [0.29, 0.717) is 17.9 Å². The second kappa shape index (κ2) is 7.97. The number of nitrogen functional groups attached to an aromatic ring is 1. The minimum absolute atomic E-state index is 0.143. The highest BCUT2D eigenvalue weighted by Crippen LogP contribution is 2.20. The third-order valence-electron chi connectivity index (χ3n) is 3.53. The van der Waals surface area contributed by atoms with Crippen LogP contribution >= 0.6 is 0 Å². The Morgan fingerprint density at radius 3 is 2.81 bits per heavy atom. The third kappa shape index (κ3) is 5.00. The zero-order chi connectivity index (χ0) is 16.0. The topological polar surface area (TPSA) is 87.8 Å². The first kappa shape index (κ1) is 17.4. The summed E-state index contributed by atoms with van der Waals surface area (Å²) in [6.07, 6.45) is -0.621. The Kier molecular flexibility index (Phi) is 6.61. The number of carbonyl (C=O) groups is 1. The lowest BCUT2D eigenvalue weighted by molar-refractivity contribution is -0.120. The number of benzene rings is 1. The summed E-state index contributed by atoms with van der Waals surface area (Å²) in [5.74, 6) is -0.143. The molecule has 21 heavy (non-hydrogen) atoms. The van der Waals surface area contributed by atoms with Gasteiger partial charge in [-0.1, -0.05) is 6.07 Å². The number of carbonyl (C=O) groups excluding carboxylic acids is 1. The van der Waals surface area contributed by atoms with E-state index in [1.165, 1.54) is 7.11 Å². The minimum atomic E-state index is -0.621. The number of rotatable bonds is 7. The van der Waals surface area contributed by atoms with E-state index in [1.807, 2.05) is 13.0 Å². The number of aliphatic hydroxyl groups excluding tert-OH is 1. The standard InChI is InChI=1S/C15H25N3O3/c1-10-13(16)6-5-7-14(10)17-15(20)11(2)18(3)8-12(19)9-21-4/h5-7,11-12,19H,8-9,16H2,1-4H3,(H,17,20). The van der Waals surface area contributed by atoms with Crippen molar-refractivity contribution in [3.05, 3.63) is 23.8 Å². The zero-order valence-electron chi connectivity index (χ0n) is 13.1. The number of ether oxygens (including phenoxy) is 1. The first-order valence-electron chi connectivity index (χ1n) is 6.90. The molecule has 0 aromatic heterocycles. The van der Waals surface area contributed by atoms with Gasteiger partial charge in [-0.2, -0.15) is 0 Å². The molecule has 118 valence electrons. The molecular formula is C15H25N3O3. The number of methoxy groups -OCH3 is 1. The third-order valence-corrected chi connectivity index (χ3v) is 3.53. The van der Waals surface area contributed by atoms with Crippen molar-refractivity contribution in [1.82, 2.24) is 4.90 Å². The second-order valence-corrected chi connectivity index (χ2v) is 5.23. The van der Waals surface area contributed by atoms with Crippen molar-refractivity contribution in [2.45, 2.75) is 26.0 Å². The summed E-state index contributed by atoms with van der Waals surface area (Å²) in [6, 6.07) is 5.03. The molecule has 2 unspecified atom stereocenters. The molecule has 1 aromatic carbocycles. The molecule has 0 spiro atoms. The first-order chi connectivity index (χ1) is 9.86. The summed E-state index contributed by atoms with van der Waals surface area (Å²) in [5, 5.41) is 12.6. The molecule has 1 aromatic rings. The summed E-state index contributed by atoms with van der Waals surface area (Å²) in [7, 11) is 3.32. The zero-order valence-corrected chi connectivity index (χ0v) is 13.1. The molecule has 0 aliphatic heterocycles. The second-order valence-electron chi connectivity index (χ2n) is 5.23. The Balaban J connectivity index is 2.64. The van der Waals surface area contributed by atoms with Crippen LogP contribution in [0.2, 0.25) is 0 Å². The first-order valence-corrected chi connectivity index (χ1v) is 6.90. The predicted octanol–water partition coefficient (Wildman–Crippen LogP) is 0.843. The fourth-order valence-electron chi connectivity index (χ4n) is 1.96. The smallest absolute Gasteiger partial charge is 0.241 e. The molecular weight excluding hydrogens is 270 g/mol. The van der Waals surface area contributed by atoms with E-state index in [4.69, 9.17) is 10.5 Å². The molecule has 0 radical (unpaired) electrons. The Bertz CT molecular complexity index is 479. The average molecular weight is 295 g/mol. The number of anilines is 2. The monoisotopic (exact) mass is 295 g/mol. The molecule has 6 heteroatoms. The van der Waals surface area contributed by atoms with Gasteiger partial charge in [0.05, 0.1) is 18.8 Å². The maximum atomic E-state index is 12.3. The van der Waals surface area contributed by atoms with E-state index >= 15 is 0 Å². The summed E-state index contributed by atoms with van der Waals surface area (Å²) < 4.78 is 4.88. The van der Waals surface area contributed by atoms with E-state index in [9.17, 15) is 9.90 Å². The quantitative estimate of drug-likeness (QED) is 0.649. The number of hydrogen-bond donors (Lipinski definition) is 3. The number of nitrogens with one attached hydrogen (secondary N) is 1. The number of nitrogens with zero attached hydrogens (tertiary/aromatic N) is 1. The summed E-state index contributed by atoms with van der Waals surface area (Å²) in [5.41, 5.74) is 8.02. The number of likely N-dealkylation sites (N-methyl/N-ethyl adjacent to an activating group) is 1. The molecule has 1 amide bonds. The Morgan fingerprint density at radius 1 is 1.52 bits per heavy atom. The molecule has 0 aliphatic carbocycles. The molecule has 4 N–H and O–H groups in total. The van der Waals surface area contributed by atoms with Crippen molar-refractivity contribution in [2.24, 2.45) is 0 Å². The number of aliphatic hydroxyl groups is 1. The van der Waals surface area contributed by atoms with Gasteiger partial charge in [-0.25, -0.2) is 0 Å². The van der Waals surface area contributed by atoms with Gasteiger partial charge in [-0.3, -0.25) is 9.69 Å². The highest BCUT2D eigenvalue weighted by atomic mass is 16.5. The lowest BCUT2D eigenvalue weighted by atomic mass is 10.1. The van der Waals surface area contributed by atoms with Crippen LogP contribution in [0.4, 0.5) is 11.4 Å². The highest BCUT2D eigenvalue weighted by molar-refractivity contribution is 5.95. The average Bonchev–Trinajstić information content (AvgIpc) is 2.43. The maximum Gasteiger partial charge on any atom is 0.241 e. The predicted molar refractivity (Wildman–Crippen MR) is 84.2 cm³/mol. The lowest BCUT2D eigenvalue weighted by Crippen LogP contribution is -2.44. The fraction of sp³-hybridized carbons (Fsp3) is 0.533. The van der Waals surface area contributed by atoms with Gasteiger partial charge in [0.2, 0.25) is 5.91 Å². The maximum absolute atomic E-state index is 12.3. The molecule has 6 nitrogen and oxygen atoms in total. The SMILES string of the molecule is COCC(O)CN(C)C(C)C(=O)Nc1cccc(N)c1C. The molecule has 2 atom stereocenters. The molecule has 0 fully saturated rings. The number of amides is 1. The van der Waals surface area contributed by atoms with Gasteiger partial charge in [0.25, 0.3) is 0 Å². The van der Waals surface area contributed by atoms with Crippen LogP contribution < -0.4 is 11.1 Å². The van der Waals surface area contributed by atoms with Crippen LogP contribution in [-0.4, -0.2) is 55.4 Å². The normalized spacial score (nSPS) is 14.0. The van der Waals surface area contributed by atoms with Gasteiger partial charge in [0, 0.05) is 25.0 Å². The summed E-state index contributed by atoms with van der Waals surface area (Å²) >= 11 is 0. The molecule has 0 heterocycles. The highest BCUT2D eigenvalue weighted by Gasteiger charge is 2.21. The summed E-state index contributed by atoms with van der Waals surface area (Å²) in [4.78, 5) is 14.0. The largest absolute Gasteiger partial charge is 0.398 e. The van der Waals surface area contributed by atoms with Crippen molar-refractivity contribution >= 4 is 17.3 Å². The van der Waals surface area contributed by atoms with E-state index in [2.05, 4.69) is 5.32 Å². The van der Waals surface area contributed by atoms with E-state index in [-0.39, 0.29) is 18.6 Å². The van der Waals surface area contributed by atoms with Crippen LogP contribution in [0.3, 0.4) is 0 Å². The van der Waals surface area contributed by atoms with Gasteiger partial charge in [-0.15, -0.1) is 0 Å². The number of nitrogens with two attached hydrogens (primary N) is 1. The van der Waals surface area contributed by atoms with Crippen LogP contribution in [0.25, 0.3) is 0 Å². The Labute approximate surface area is 125 Å². The van der Waals surface area contributed by atoms with Gasteiger partial charge in [-0.05, 0) is 38.6 Å². The molecule has 0 saturated carbocycles. The van der Waals surface area contributed by atoms with Crippen LogP contribution in [0, 0.1) is 6.92 Å². The van der Waals surface area contributed by atoms with Gasteiger partial charge in [0.15, 0.2) is 0 Å². The van der Waals surface area contributed by atoms with E-state index in [0.717, 1.165) is 5.56 Å². The van der Waals surface area contributed by atoms with E-state index < -0.39 is 6.10 Å². The molecule has 1 rings (SSSR count). The minimum Gasteiger partial charge on any atom is -0.398 e. The van der Waals surface area contributed by atoms with Crippen molar-refractivity contribution in [3.63, 3.8) is 0 Å². The van der Waals surface area contributed by atoms with Crippen LogP contribution in [0.1, 0.15) is 12.5 Å². The van der Waals surface area contributed by atoms with Crippen LogP contribution in [-0.2, 0) is 9.53 Å². The van der Waals surface area contributed by atoms with Gasteiger partial charge < -0.3 is 20.9 Å².